The molecule has 0 aliphatic heterocycles. The van der Waals surface area contributed by atoms with Crippen LogP contribution in [0.1, 0.15) is 17.4 Å². The zero-order chi connectivity index (χ0) is 13.1. The van der Waals surface area contributed by atoms with Crippen molar-refractivity contribution in [3.8, 4) is 0 Å². The Balaban J connectivity index is 1.87. The third kappa shape index (κ3) is 2.69. The van der Waals surface area contributed by atoms with Crippen molar-refractivity contribution in [1.29, 1.82) is 0 Å². The molecule has 3 aromatic rings. The maximum absolute atomic E-state index is 4.13. The number of aromatic nitrogens is 2. The van der Waals surface area contributed by atoms with Crippen LogP contribution in [0.25, 0.3) is 10.9 Å². The lowest BCUT2D eigenvalue weighted by Gasteiger charge is -2.05. The van der Waals surface area contributed by atoms with E-state index >= 15 is 0 Å². The minimum Gasteiger partial charge on any atom is -0.342 e. The quantitative estimate of drug-likeness (QED) is 0.772. The number of hydrogen-bond acceptors (Lipinski definition) is 3. The van der Waals surface area contributed by atoms with Gasteiger partial charge in [-0.15, -0.1) is 11.3 Å². The van der Waals surface area contributed by atoms with Gasteiger partial charge in [-0.1, -0.05) is 13.0 Å². The molecule has 0 radical (unpaired) electrons. The Morgan fingerprint density at radius 2 is 2.26 bits per heavy atom. The largest absolute Gasteiger partial charge is 0.342 e. The first-order chi connectivity index (χ1) is 9.36. The first kappa shape index (κ1) is 12.4. The molecule has 0 saturated heterocycles. The van der Waals surface area contributed by atoms with Crippen molar-refractivity contribution in [2.75, 3.05) is 6.54 Å². The topological polar surface area (TPSA) is 29.9 Å². The lowest BCUT2D eigenvalue weighted by Crippen LogP contribution is -2.11. The molecule has 1 N–H and O–H groups in total. The highest BCUT2D eigenvalue weighted by molar-refractivity contribution is 7.09. The van der Waals surface area contributed by atoms with Gasteiger partial charge < -0.3 is 9.88 Å². The summed E-state index contributed by atoms with van der Waals surface area (Å²) < 4.78 is 2.28. The summed E-state index contributed by atoms with van der Waals surface area (Å²) in [6, 6.07) is 8.87. The van der Waals surface area contributed by atoms with E-state index in [0.717, 1.165) is 19.6 Å². The molecule has 0 bridgehead atoms. The van der Waals surface area contributed by atoms with E-state index in [2.05, 4.69) is 52.3 Å². The number of fused-ring (bicyclic) bond motifs is 1. The number of benzene rings is 1. The molecular weight excluding hydrogens is 254 g/mol. The van der Waals surface area contributed by atoms with Crippen molar-refractivity contribution >= 4 is 22.2 Å². The number of hydrogen-bond donors (Lipinski definition) is 1. The number of thiazole rings is 1. The first-order valence-corrected chi connectivity index (χ1v) is 7.40. The molecule has 0 amide bonds. The first-order valence-electron chi connectivity index (χ1n) is 6.52. The highest BCUT2D eigenvalue weighted by Crippen LogP contribution is 2.20. The van der Waals surface area contributed by atoms with Crippen LogP contribution in [0.5, 0.6) is 0 Å². The van der Waals surface area contributed by atoms with Crippen LogP contribution in [0.2, 0.25) is 0 Å². The number of nitrogens with zero attached hydrogens (tertiary/aromatic N) is 2. The van der Waals surface area contributed by atoms with Gasteiger partial charge in [0, 0.05) is 29.3 Å². The Morgan fingerprint density at radius 3 is 3.05 bits per heavy atom. The second-order valence-corrected chi connectivity index (χ2v) is 5.56. The maximum Gasteiger partial charge on any atom is 0.0794 e. The Bertz CT molecular complexity index is 655. The van der Waals surface area contributed by atoms with E-state index in [1.807, 2.05) is 11.7 Å². The fourth-order valence-corrected chi connectivity index (χ4v) is 2.85. The molecule has 98 valence electrons. The summed E-state index contributed by atoms with van der Waals surface area (Å²) in [5.74, 6) is 0. The van der Waals surface area contributed by atoms with Crippen molar-refractivity contribution in [3.05, 3.63) is 52.6 Å². The fourth-order valence-electron chi connectivity index (χ4n) is 2.25. The van der Waals surface area contributed by atoms with Crippen molar-refractivity contribution in [1.82, 2.24) is 14.9 Å². The molecule has 0 unspecified atom stereocenters. The average molecular weight is 271 g/mol. The van der Waals surface area contributed by atoms with Crippen molar-refractivity contribution in [3.63, 3.8) is 0 Å². The van der Waals surface area contributed by atoms with E-state index in [1.165, 1.54) is 21.3 Å². The zero-order valence-corrected chi connectivity index (χ0v) is 11.8. The normalized spacial score (nSPS) is 11.2. The summed E-state index contributed by atoms with van der Waals surface area (Å²) in [6.07, 6.45) is 4.09. The van der Waals surface area contributed by atoms with Gasteiger partial charge >= 0.3 is 0 Å². The highest BCUT2D eigenvalue weighted by Gasteiger charge is 2.03. The minimum absolute atomic E-state index is 0.903. The number of rotatable bonds is 5. The molecule has 3 nitrogen and oxygen atoms in total. The molecule has 0 aliphatic carbocycles. The van der Waals surface area contributed by atoms with E-state index in [0.29, 0.717) is 0 Å². The van der Waals surface area contributed by atoms with Gasteiger partial charge in [0.25, 0.3) is 0 Å². The molecular formula is C15H17N3S. The van der Waals surface area contributed by atoms with Gasteiger partial charge in [-0.3, -0.25) is 4.98 Å². The Labute approximate surface area is 116 Å². The Morgan fingerprint density at radius 1 is 1.32 bits per heavy atom. The molecule has 0 aliphatic rings. The molecule has 3 rings (SSSR count). The van der Waals surface area contributed by atoms with Crippen molar-refractivity contribution in [2.24, 2.45) is 0 Å². The molecule has 19 heavy (non-hydrogen) atoms. The van der Waals surface area contributed by atoms with E-state index in [9.17, 15) is 0 Å². The predicted octanol–water partition coefficient (Wildman–Crippen LogP) is 3.26. The third-order valence-electron chi connectivity index (χ3n) is 3.22. The highest BCUT2D eigenvalue weighted by atomic mass is 32.1. The second-order valence-electron chi connectivity index (χ2n) is 4.58. The summed E-state index contributed by atoms with van der Waals surface area (Å²) in [5, 5.41) is 4.66. The molecule has 0 fully saturated rings. The Kier molecular flexibility index (Phi) is 3.62. The van der Waals surface area contributed by atoms with Gasteiger partial charge in [0.05, 0.1) is 12.1 Å². The van der Waals surface area contributed by atoms with Crippen LogP contribution in [-0.4, -0.2) is 16.1 Å². The molecule has 1 aromatic carbocycles. The van der Waals surface area contributed by atoms with Crippen LogP contribution in [0.15, 0.2) is 42.2 Å². The van der Waals surface area contributed by atoms with Crippen LogP contribution >= 0.6 is 11.3 Å². The molecule has 4 heteroatoms. The molecule has 0 spiro atoms. The van der Waals surface area contributed by atoms with Gasteiger partial charge in [0.2, 0.25) is 0 Å². The monoisotopic (exact) mass is 271 g/mol. The van der Waals surface area contributed by atoms with Crippen molar-refractivity contribution < 1.29 is 0 Å². The van der Waals surface area contributed by atoms with Gasteiger partial charge in [-0.2, -0.15) is 0 Å². The molecule has 0 saturated carbocycles. The van der Waals surface area contributed by atoms with Crippen molar-refractivity contribution in [2.45, 2.75) is 20.0 Å². The predicted molar refractivity (Wildman–Crippen MR) is 80.5 cm³/mol. The van der Waals surface area contributed by atoms with E-state index < -0.39 is 0 Å². The van der Waals surface area contributed by atoms with Crippen LogP contribution < -0.4 is 5.32 Å². The second kappa shape index (κ2) is 5.55. The van der Waals surface area contributed by atoms with Gasteiger partial charge in [-0.25, -0.2) is 0 Å². The fraction of sp³-hybridized carbons (Fsp3) is 0.267. The summed E-state index contributed by atoms with van der Waals surface area (Å²) in [4.78, 5) is 5.41. The number of nitrogens with one attached hydrogen (secondary N) is 1. The zero-order valence-electron chi connectivity index (χ0n) is 11.0. The third-order valence-corrected chi connectivity index (χ3v) is 3.99. The van der Waals surface area contributed by atoms with Crippen LogP contribution in [0.4, 0.5) is 0 Å². The maximum atomic E-state index is 4.13. The van der Waals surface area contributed by atoms with Gasteiger partial charge in [0.15, 0.2) is 0 Å². The standard InChI is InChI=1S/C15H17N3S/c1-2-16-8-12-3-4-15-13(7-12)5-6-18(15)10-14-9-17-11-19-14/h3-7,9,11,16H,2,8,10H2,1H3. The summed E-state index contributed by atoms with van der Waals surface area (Å²) in [5.41, 5.74) is 4.51. The average Bonchev–Trinajstić information content (AvgIpc) is 3.07. The van der Waals surface area contributed by atoms with E-state index in [-0.39, 0.29) is 0 Å². The van der Waals surface area contributed by atoms with E-state index in [1.54, 1.807) is 11.3 Å². The van der Waals surface area contributed by atoms with Crippen LogP contribution in [0, 0.1) is 0 Å². The summed E-state index contributed by atoms with van der Waals surface area (Å²) in [7, 11) is 0. The summed E-state index contributed by atoms with van der Waals surface area (Å²) >= 11 is 1.70. The molecule has 2 heterocycles. The molecule has 2 aromatic heterocycles. The lowest BCUT2D eigenvalue weighted by atomic mass is 10.1. The Hall–Kier alpha value is -1.65. The van der Waals surface area contributed by atoms with Gasteiger partial charge in [0.1, 0.15) is 0 Å². The van der Waals surface area contributed by atoms with Crippen LogP contribution in [0.3, 0.4) is 0 Å². The lowest BCUT2D eigenvalue weighted by molar-refractivity contribution is 0.727. The van der Waals surface area contributed by atoms with Gasteiger partial charge in [-0.05, 0) is 35.7 Å². The smallest absolute Gasteiger partial charge is 0.0794 e. The minimum atomic E-state index is 0.903. The summed E-state index contributed by atoms with van der Waals surface area (Å²) in [6.45, 7) is 4.97. The molecule has 0 atom stereocenters. The van der Waals surface area contributed by atoms with Crippen LogP contribution in [-0.2, 0) is 13.1 Å². The SMILES string of the molecule is CCNCc1ccc2c(ccn2Cc2cncs2)c1. The van der Waals surface area contributed by atoms with E-state index in [4.69, 9.17) is 0 Å².